The van der Waals surface area contributed by atoms with Crippen molar-refractivity contribution in [1.82, 2.24) is 10.3 Å². The van der Waals surface area contributed by atoms with Crippen molar-refractivity contribution >= 4 is 16.5 Å². The molecule has 0 saturated carbocycles. The number of ether oxygens (including phenoxy) is 1. The van der Waals surface area contributed by atoms with Crippen molar-refractivity contribution < 1.29 is 4.74 Å². The molecule has 4 nitrogen and oxygen atoms in total. The van der Waals surface area contributed by atoms with Crippen LogP contribution in [0.25, 0.3) is 0 Å². The van der Waals surface area contributed by atoms with Gasteiger partial charge in [0.25, 0.3) is 0 Å². The summed E-state index contributed by atoms with van der Waals surface area (Å²) in [6, 6.07) is 0. The van der Waals surface area contributed by atoms with Crippen molar-refractivity contribution in [2.45, 2.75) is 26.3 Å². The first-order valence-electron chi connectivity index (χ1n) is 6.65. The molecule has 0 radical (unpaired) electrons. The van der Waals surface area contributed by atoms with Gasteiger partial charge in [-0.25, -0.2) is 4.98 Å². The molecular weight excluding hydrogens is 246 g/mol. The molecule has 1 unspecified atom stereocenters. The number of nitrogens with zero attached hydrogens (tertiary/aromatic N) is 2. The predicted octanol–water partition coefficient (Wildman–Crippen LogP) is 1.90. The fourth-order valence-corrected chi connectivity index (χ4v) is 3.65. The lowest BCUT2D eigenvalue weighted by Gasteiger charge is -2.14. The lowest BCUT2D eigenvalue weighted by molar-refractivity contribution is 0.161. The summed E-state index contributed by atoms with van der Waals surface area (Å²) in [5, 5.41) is 4.41. The summed E-state index contributed by atoms with van der Waals surface area (Å²) < 4.78 is 5.24. The highest BCUT2D eigenvalue weighted by Crippen LogP contribution is 2.30. The van der Waals surface area contributed by atoms with Crippen molar-refractivity contribution in [3.05, 3.63) is 10.6 Å². The molecule has 1 fully saturated rings. The van der Waals surface area contributed by atoms with E-state index < -0.39 is 0 Å². The van der Waals surface area contributed by atoms with Gasteiger partial charge in [-0.15, -0.1) is 11.3 Å². The van der Waals surface area contributed by atoms with Gasteiger partial charge < -0.3 is 15.0 Å². The van der Waals surface area contributed by atoms with Gasteiger partial charge in [-0.1, -0.05) is 6.92 Å². The molecule has 18 heavy (non-hydrogen) atoms. The topological polar surface area (TPSA) is 37.4 Å². The minimum atomic E-state index is 0.664. The second kappa shape index (κ2) is 6.50. The van der Waals surface area contributed by atoms with Crippen molar-refractivity contribution in [3.8, 4) is 0 Å². The Morgan fingerprint density at radius 3 is 3.06 bits per heavy atom. The zero-order valence-corrected chi connectivity index (χ0v) is 12.3. The summed E-state index contributed by atoms with van der Waals surface area (Å²) in [4.78, 5) is 8.58. The van der Waals surface area contributed by atoms with Crippen molar-refractivity contribution in [2.24, 2.45) is 5.92 Å². The molecule has 0 amide bonds. The molecule has 0 aromatic carbocycles. The van der Waals surface area contributed by atoms with E-state index in [2.05, 4.69) is 17.1 Å². The highest BCUT2D eigenvalue weighted by atomic mass is 32.1. The third kappa shape index (κ3) is 3.02. The van der Waals surface area contributed by atoms with E-state index in [0.717, 1.165) is 32.7 Å². The Kier molecular flexibility index (Phi) is 4.97. The molecule has 1 atom stereocenters. The van der Waals surface area contributed by atoms with Crippen molar-refractivity contribution in [3.63, 3.8) is 0 Å². The average molecular weight is 269 g/mol. The van der Waals surface area contributed by atoms with Gasteiger partial charge in [-0.3, -0.25) is 0 Å². The first kappa shape index (κ1) is 13.8. The maximum absolute atomic E-state index is 5.24. The van der Waals surface area contributed by atoms with Gasteiger partial charge in [-0.05, 0) is 19.9 Å². The van der Waals surface area contributed by atoms with Crippen LogP contribution in [0.15, 0.2) is 0 Å². The van der Waals surface area contributed by atoms with Gasteiger partial charge in [0, 0.05) is 37.5 Å². The Hall–Kier alpha value is -0.650. The molecule has 0 aliphatic carbocycles. The zero-order chi connectivity index (χ0) is 13.0. The Bertz CT molecular complexity index is 380. The monoisotopic (exact) mass is 269 g/mol. The van der Waals surface area contributed by atoms with E-state index in [9.17, 15) is 0 Å². The molecule has 1 aliphatic rings. The molecule has 1 aliphatic heterocycles. The van der Waals surface area contributed by atoms with Crippen LogP contribution in [-0.4, -0.2) is 38.8 Å². The molecule has 2 rings (SSSR count). The van der Waals surface area contributed by atoms with Crippen LogP contribution < -0.4 is 10.2 Å². The number of rotatable bonds is 6. The minimum Gasteiger partial charge on any atom is -0.384 e. The van der Waals surface area contributed by atoms with Gasteiger partial charge in [0.1, 0.15) is 0 Å². The van der Waals surface area contributed by atoms with E-state index >= 15 is 0 Å². The van der Waals surface area contributed by atoms with Gasteiger partial charge in [0.2, 0.25) is 0 Å². The van der Waals surface area contributed by atoms with Crippen molar-refractivity contribution in [1.29, 1.82) is 0 Å². The first-order valence-corrected chi connectivity index (χ1v) is 7.47. The maximum atomic E-state index is 5.24. The second-order valence-corrected chi connectivity index (χ2v) is 5.87. The Labute approximate surface area is 113 Å². The van der Waals surface area contributed by atoms with Crippen LogP contribution in [0, 0.1) is 5.92 Å². The summed E-state index contributed by atoms with van der Waals surface area (Å²) in [5.74, 6) is 0.664. The summed E-state index contributed by atoms with van der Waals surface area (Å²) in [5.41, 5.74) is 1.25. The van der Waals surface area contributed by atoms with E-state index in [1.54, 1.807) is 7.11 Å². The Morgan fingerprint density at radius 1 is 1.56 bits per heavy atom. The SMILES string of the molecule is CCc1nc(N2CCC(COC)C2)sc1CNC. The van der Waals surface area contributed by atoms with E-state index in [1.165, 1.54) is 22.1 Å². The average Bonchev–Trinajstić information content (AvgIpc) is 2.96. The molecule has 1 saturated heterocycles. The molecule has 102 valence electrons. The van der Waals surface area contributed by atoms with Crippen LogP contribution in [0.2, 0.25) is 0 Å². The smallest absolute Gasteiger partial charge is 0.185 e. The number of aromatic nitrogens is 1. The summed E-state index contributed by atoms with van der Waals surface area (Å²) >= 11 is 1.84. The Balaban J connectivity index is 2.05. The molecular formula is C13H23N3OS. The molecule has 0 spiro atoms. The van der Waals surface area contributed by atoms with Gasteiger partial charge in [0.05, 0.1) is 12.3 Å². The molecule has 1 aromatic rings. The molecule has 0 bridgehead atoms. The van der Waals surface area contributed by atoms with E-state index in [4.69, 9.17) is 9.72 Å². The quantitative estimate of drug-likeness (QED) is 0.856. The van der Waals surface area contributed by atoms with Crippen molar-refractivity contribution in [2.75, 3.05) is 38.8 Å². The van der Waals surface area contributed by atoms with Crippen LogP contribution >= 0.6 is 11.3 Å². The van der Waals surface area contributed by atoms with Crippen LogP contribution in [0.4, 0.5) is 5.13 Å². The summed E-state index contributed by atoms with van der Waals surface area (Å²) in [6.45, 7) is 6.17. The minimum absolute atomic E-state index is 0.664. The molecule has 5 heteroatoms. The molecule has 2 heterocycles. The maximum Gasteiger partial charge on any atom is 0.185 e. The number of anilines is 1. The van der Waals surface area contributed by atoms with Gasteiger partial charge >= 0.3 is 0 Å². The normalized spacial score (nSPS) is 19.7. The fraction of sp³-hybridized carbons (Fsp3) is 0.769. The van der Waals surface area contributed by atoms with Gasteiger partial charge in [0.15, 0.2) is 5.13 Å². The zero-order valence-electron chi connectivity index (χ0n) is 11.5. The standard InChI is InChI=1S/C13H23N3OS/c1-4-11-12(7-14-2)18-13(15-11)16-6-5-10(8-16)9-17-3/h10,14H,4-9H2,1-3H3. The number of hydrogen-bond donors (Lipinski definition) is 1. The fourth-order valence-electron chi connectivity index (χ4n) is 2.46. The number of aryl methyl sites for hydroxylation is 1. The van der Waals surface area contributed by atoms with E-state index in [1.807, 2.05) is 18.4 Å². The molecule has 1 N–H and O–H groups in total. The van der Waals surface area contributed by atoms with Gasteiger partial charge in [-0.2, -0.15) is 0 Å². The summed E-state index contributed by atoms with van der Waals surface area (Å²) in [6.07, 6.45) is 2.24. The largest absolute Gasteiger partial charge is 0.384 e. The second-order valence-electron chi connectivity index (χ2n) is 4.81. The third-order valence-corrected chi connectivity index (χ3v) is 4.56. The summed E-state index contributed by atoms with van der Waals surface area (Å²) in [7, 11) is 3.77. The number of nitrogens with one attached hydrogen (secondary N) is 1. The lowest BCUT2D eigenvalue weighted by Crippen LogP contribution is -2.20. The first-order chi connectivity index (χ1) is 8.78. The Morgan fingerprint density at radius 2 is 2.39 bits per heavy atom. The number of thiazole rings is 1. The predicted molar refractivity (Wildman–Crippen MR) is 76.5 cm³/mol. The van der Waals surface area contributed by atoms with Crippen LogP contribution in [0.1, 0.15) is 23.9 Å². The van der Waals surface area contributed by atoms with Crippen LogP contribution in [0.5, 0.6) is 0 Å². The third-order valence-electron chi connectivity index (χ3n) is 3.40. The lowest BCUT2D eigenvalue weighted by atomic mass is 10.1. The molecule has 1 aromatic heterocycles. The highest BCUT2D eigenvalue weighted by Gasteiger charge is 2.25. The number of hydrogen-bond acceptors (Lipinski definition) is 5. The van der Waals surface area contributed by atoms with E-state index in [-0.39, 0.29) is 0 Å². The highest BCUT2D eigenvalue weighted by molar-refractivity contribution is 7.15. The van der Waals surface area contributed by atoms with E-state index in [0.29, 0.717) is 5.92 Å². The number of methoxy groups -OCH3 is 1. The van der Waals surface area contributed by atoms with Crippen LogP contribution in [-0.2, 0) is 17.7 Å². The van der Waals surface area contributed by atoms with Crippen LogP contribution in [0.3, 0.4) is 0 Å².